The fraction of sp³-hybridized carbons (Fsp3) is 0.316. The molecule has 0 heterocycles. The molecule has 0 atom stereocenters. The molecule has 0 unspecified atom stereocenters. The molecule has 0 radical (unpaired) electrons. The third-order valence-corrected chi connectivity index (χ3v) is 3.98. The number of hydrogen-bond acceptors (Lipinski definition) is 4. The summed E-state index contributed by atoms with van der Waals surface area (Å²) in [5.74, 6) is 1.38. The number of nitrogens with zero attached hydrogens (tertiary/aromatic N) is 1. The number of benzene rings is 2. The highest BCUT2D eigenvalue weighted by atomic mass is 16.5. The van der Waals surface area contributed by atoms with Crippen molar-refractivity contribution in [2.75, 3.05) is 27.0 Å². The van der Waals surface area contributed by atoms with E-state index >= 15 is 0 Å². The van der Waals surface area contributed by atoms with Crippen LogP contribution < -0.4 is 15.2 Å². The molecular weight excluding hydrogens is 304 g/mol. The van der Waals surface area contributed by atoms with Crippen LogP contribution in [-0.2, 0) is 17.8 Å². The SMILES string of the molecule is COc1ccc(CN(C)C(=O)Cc2ccc(N)c(C)c2)cc1OC. The Kier molecular flexibility index (Phi) is 5.68. The number of carbonyl (C=O) groups is 1. The molecule has 128 valence electrons. The van der Waals surface area contributed by atoms with E-state index in [-0.39, 0.29) is 5.91 Å². The van der Waals surface area contributed by atoms with Crippen LogP contribution in [0.1, 0.15) is 16.7 Å². The van der Waals surface area contributed by atoms with E-state index in [1.807, 2.05) is 43.3 Å². The summed E-state index contributed by atoms with van der Waals surface area (Å²) in [5, 5.41) is 0. The Morgan fingerprint density at radius 1 is 1.04 bits per heavy atom. The lowest BCUT2D eigenvalue weighted by molar-refractivity contribution is -0.129. The van der Waals surface area contributed by atoms with Crippen molar-refractivity contribution in [2.24, 2.45) is 0 Å². The van der Waals surface area contributed by atoms with E-state index < -0.39 is 0 Å². The summed E-state index contributed by atoms with van der Waals surface area (Å²) in [4.78, 5) is 14.1. The van der Waals surface area contributed by atoms with Crippen molar-refractivity contribution in [3.63, 3.8) is 0 Å². The number of aryl methyl sites for hydroxylation is 1. The highest BCUT2D eigenvalue weighted by Gasteiger charge is 2.12. The normalized spacial score (nSPS) is 10.3. The molecule has 0 aliphatic heterocycles. The molecule has 0 saturated carbocycles. The monoisotopic (exact) mass is 328 g/mol. The van der Waals surface area contributed by atoms with E-state index in [0.717, 1.165) is 22.4 Å². The first kappa shape index (κ1) is 17.7. The van der Waals surface area contributed by atoms with E-state index in [1.165, 1.54) is 0 Å². The van der Waals surface area contributed by atoms with E-state index in [0.29, 0.717) is 24.5 Å². The van der Waals surface area contributed by atoms with Gasteiger partial charge < -0.3 is 20.1 Å². The molecule has 24 heavy (non-hydrogen) atoms. The number of carbonyl (C=O) groups excluding carboxylic acids is 1. The van der Waals surface area contributed by atoms with Gasteiger partial charge >= 0.3 is 0 Å². The van der Waals surface area contributed by atoms with Crippen molar-refractivity contribution in [3.05, 3.63) is 53.1 Å². The largest absolute Gasteiger partial charge is 0.493 e. The maximum absolute atomic E-state index is 12.4. The number of rotatable bonds is 6. The highest BCUT2D eigenvalue weighted by Crippen LogP contribution is 2.28. The Balaban J connectivity index is 2.04. The Hall–Kier alpha value is -2.69. The first-order valence-corrected chi connectivity index (χ1v) is 7.74. The summed E-state index contributed by atoms with van der Waals surface area (Å²) >= 11 is 0. The first-order chi connectivity index (χ1) is 11.4. The molecule has 0 aliphatic carbocycles. The van der Waals surface area contributed by atoms with Gasteiger partial charge in [-0.15, -0.1) is 0 Å². The predicted octanol–water partition coefficient (Wildman–Crippen LogP) is 2.80. The Bertz CT molecular complexity index is 729. The summed E-state index contributed by atoms with van der Waals surface area (Å²) in [7, 11) is 4.99. The van der Waals surface area contributed by atoms with E-state index in [1.54, 1.807) is 26.2 Å². The van der Waals surface area contributed by atoms with Crippen molar-refractivity contribution in [1.82, 2.24) is 4.90 Å². The second kappa shape index (κ2) is 7.73. The molecule has 5 nitrogen and oxygen atoms in total. The molecule has 0 saturated heterocycles. The number of nitrogens with two attached hydrogens (primary N) is 1. The molecule has 1 amide bonds. The zero-order valence-corrected chi connectivity index (χ0v) is 14.6. The molecule has 2 aromatic carbocycles. The van der Waals surface area contributed by atoms with Gasteiger partial charge in [-0.2, -0.15) is 0 Å². The molecule has 0 fully saturated rings. The Morgan fingerprint density at radius 2 is 1.71 bits per heavy atom. The quantitative estimate of drug-likeness (QED) is 0.828. The molecule has 0 aliphatic rings. The number of likely N-dealkylation sites (N-methyl/N-ethyl adjacent to an activating group) is 1. The maximum Gasteiger partial charge on any atom is 0.227 e. The van der Waals surface area contributed by atoms with Crippen LogP contribution in [0, 0.1) is 6.92 Å². The van der Waals surface area contributed by atoms with Crippen molar-refractivity contribution in [2.45, 2.75) is 19.9 Å². The lowest BCUT2D eigenvalue weighted by Gasteiger charge is -2.18. The van der Waals surface area contributed by atoms with Crippen molar-refractivity contribution < 1.29 is 14.3 Å². The number of methoxy groups -OCH3 is 2. The van der Waals surface area contributed by atoms with Gasteiger partial charge in [0.15, 0.2) is 11.5 Å². The van der Waals surface area contributed by atoms with Crippen molar-refractivity contribution >= 4 is 11.6 Å². The van der Waals surface area contributed by atoms with Gasteiger partial charge in [-0.3, -0.25) is 4.79 Å². The molecular formula is C19H24N2O3. The second-order valence-electron chi connectivity index (χ2n) is 5.81. The number of anilines is 1. The van der Waals surface area contributed by atoms with Crippen LogP contribution in [-0.4, -0.2) is 32.1 Å². The van der Waals surface area contributed by atoms with E-state index in [4.69, 9.17) is 15.2 Å². The summed E-state index contributed by atoms with van der Waals surface area (Å²) in [6.45, 7) is 2.45. The van der Waals surface area contributed by atoms with Crippen molar-refractivity contribution in [3.8, 4) is 11.5 Å². The zero-order chi connectivity index (χ0) is 17.7. The molecule has 0 spiro atoms. The molecule has 2 rings (SSSR count). The molecule has 2 N–H and O–H groups in total. The predicted molar refractivity (Wildman–Crippen MR) is 95.3 cm³/mol. The number of hydrogen-bond donors (Lipinski definition) is 1. The van der Waals surface area contributed by atoms with Gasteiger partial charge in [0, 0.05) is 19.3 Å². The lowest BCUT2D eigenvalue weighted by atomic mass is 10.1. The van der Waals surface area contributed by atoms with Crippen LogP contribution in [0.3, 0.4) is 0 Å². The smallest absolute Gasteiger partial charge is 0.227 e. The first-order valence-electron chi connectivity index (χ1n) is 7.74. The average molecular weight is 328 g/mol. The van der Waals surface area contributed by atoms with Crippen LogP contribution >= 0.6 is 0 Å². The number of ether oxygens (including phenoxy) is 2. The van der Waals surface area contributed by atoms with Gasteiger partial charge in [0.25, 0.3) is 0 Å². The summed E-state index contributed by atoms with van der Waals surface area (Å²) < 4.78 is 10.5. The van der Waals surface area contributed by atoms with Crippen LogP contribution in [0.15, 0.2) is 36.4 Å². The van der Waals surface area contributed by atoms with Crippen molar-refractivity contribution in [1.29, 1.82) is 0 Å². The topological polar surface area (TPSA) is 64.8 Å². The van der Waals surface area contributed by atoms with Gasteiger partial charge in [0.1, 0.15) is 0 Å². The lowest BCUT2D eigenvalue weighted by Crippen LogP contribution is -2.27. The standard InChI is InChI=1S/C19H24N2O3/c1-13-9-14(5-7-16(13)20)11-19(22)21(2)12-15-6-8-17(23-3)18(10-15)24-4/h5-10H,11-12,20H2,1-4H3. The van der Waals surface area contributed by atoms with Gasteiger partial charge in [-0.25, -0.2) is 0 Å². The van der Waals surface area contributed by atoms with Crippen LogP contribution in [0.4, 0.5) is 5.69 Å². The third kappa shape index (κ3) is 4.19. The maximum atomic E-state index is 12.4. The summed E-state index contributed by atoms with van der Waals surface area (Å²) in [6, 6.07) is 11.3. The minimum absolute atomic E-state index is 0.0500. The fourth-order valence-corrected chi connectivity index (χ4v) is 2.50. The summed E-state index contributed by atoms with van der Waals surface area (Å²) in [6.07, 6.45) is 0.352. The van der Waals surface area contributed by atoms with Gasteiger partial charge in [0.05, 0.1) is 20.6 Å². The van der Waals surface area contributed by atoms with Crippen LogP contribution in [0.2, 0.25) is 0 Å². The minimum atomic E-state index is 0.0500. The Morgan fingerprint density at radius 3 is 2.33 bits per heavy atom. The molecule has 5 heteroatoms. The van der Waals surface area contributed by atoms with Gasteiger partial charge in [0.2, 0.25) is 5.91 Å². The van der Waals surface area contributed by atoms with Gasteiger partial charge in [-0.05, 0) is 41.8 Å². The molecule has 0 aromatic heterocycles. The average Bonchev–Trinajstić information content (AvgIpc) is 2.57. The highest BCUT2D eigenvalue weighted by molar-refractivity contribution is 5.78. The number of amides is 1. The zero-order valence-electron chi connectivity index (χ0n) is 14.6. The van der Waals surface area contributed by atoms with Gasteiger partial charge in [-0.1, -0.05) is 18.2 Å². The van der Waals surface area contributed by atoms with E-state index in [9.17, 15) is 4.79 Å². The van der Waals surface area contributed by atoms with Crippen LogP contribution in [0.5, 0.6) is 11.5 Å². The summed E-state index contributed by atoms with van der Waals surface area (Å²) in [5.41, 5.74) is 9.49. The minimum Gasteiger partial charge on any atom is -0.493 e. The Labute approximate surface area is 143 Å². The molecule has 2 aromatic rings. The van der Waals surface area contributed by atoms with E-state index in [2.05, 4.69) is 0 Å². The number of nitrogen functional groups attached to an aromatic ring is 1. The fourth-order valence-electron chi connectivity index (χ4n) is 2.50. The second-order valence-corrected chi connectivity index (χ2v) is 5.81. The van der Waals surface area contributed by atoms with Crippen LogP contribution in [0.25, 0.3) is 0 Å². The third-order valence-electron chi connectivity index (χ3n) is 3.98. The molecule has 0 bridgehead atoms.